The van der Waals surface area contributed by atoms with Gasteiger partial charge in [0, 0.05) is 24.1 Å². The van der Waals surface area contributed by atoms with E-state index in [1.54, 1.807) is 0 Å². The van der Waals surface area contributed by atoms with E-state index in [0.29, 0.717) is 13.2 Å². The molecule has 1 atom stereocenters. The number of rotatable bonds is 6. The summed E-state index contributed by atoms with van der Waals surface area (Å²) >= 11 is 0. The van der Waals surface area contributed by atoms with Gasteiger partial charge in [-0.2, -0.15) is 5.10 Å². The lowest BCUT2D eigenvalue weighted by molar-refractivity contribution is 0.0849. The van der Waals surface area contributed by atoms with Crippen molar-refractivity contribution in [2.75, 3.05) is 19.9 Å². The number of fused-ring (bicyclic) bond motifs is 2. The number of hydrogen-bond donors (Lipinski definition) is 2. The molecule has 3 aromatic rings. The van der Waals surface area contributed by atoms with E-state index in [-0.39, 0.29) is 12.9 Å². The predicted octanol–water partition coefficient (Wildman–Crippen LogP) is 3.13. The molecule has 0 spiro atoms. The third kappa shape index (κ3) is 3.36. The van der Waals surface area contributed by atoms with Crippen LogP contribution in [0.4, 0.5) is 0 Å². The summed E-state index contributed by atoms with van der Waals surface area (Å²) in [6, 6.07) is 13.7. The van der Waals surface area contributed by atoms with Gasteiger partial charge in [-0.1, -0.05) is 12.1 Å². The zero-order valence-corrected chi connectivity index (χ0v) is 15.3. The Labute approximate surface area is 162 Å². The second kappa shape index (κ2) is 7.44. The second-order valence-electron chi connectivity index (χ2n) is 6.80. The molecular formula is C21H21N3O4. The fourth-order valence-corrected chi connectivity index (χ4v) is 3.44. The quantitative estimate of drug-likeness (QED) is 0.641. The number of H-pyrrole nitrogens is 1. The maximum atomic E-state index is 6.00. The Bertz CT molecular complexity index is 972. The first kappa shape index (κ1) is 16.9. The molecule has 28 heavy (non-hydrogen) atoms. The summed E-state index contributed by atoms with van der Waals surface area (Å²) in [7, 11) is 0. The molecule has 1 aromatic heterocycles. The fourth-order valence-electron chi connectivity index (χ4n) is 3.44. The number of ether oxygens (including phenoxy) is 4. The predicted molar refractivity (Wildman–Crippen MR) is 103 cm³/mol. The Kier molecular flexibility index (Phi) is 4.50. The van der Waals surface area contributed by atoms with Gasteiger partial charge in [-0.25, -0.2) is 0 Å². The second-order valence-corrected chi connectivity index (χ2v) is 6.80. The van der Waals surface area contributed by atoms with E-state index in [0.717, 1.165) is 52.8 Å². The minimum absolute atomic E-state index is 0.0556. The molecule has 0 saturated carbocycles. The summed E-state index contributed by atoms with van der Waals surface area (Å²) in [5.74, 6) is 3.18. The summed E-state index contributed by atoms with van der Waals surface area (Å²) in [6.45, 7) is 2.38. The average molecular weight is 379 g/mol. The lowest BCUT2D eigenvalue weighted by Gasteiger charge is -2.26. The Balaban J connectivity index is 1.16. The van der Waals surface area contributed by atoms with Gasteiger partial charge >= 0.3 is 0 Å². The maximum Gasteiger partial charge on any atom is 0.231 e. The zero-order valence-electron chi connectivity index (χ0n) is 15.3. The lowest BCUT2D eigenvalue weighted by atomic mass is 10.1. The van der Waals surface area contributed by atoms with Crippen molar-refractivity contribution in [2.45, 2.75) is 19.1 Å². The third-order valence-electron chi connectivity index (χ3n) is 4.91. The third-order valence-corrected chi connectivity index (χ3v) is 4.91. The molecule has 7 nitrogen and oxygen atoms in total. The van der Waals surface area contributed by atoms with Gasteiger partial charge in [0.25, 0.3) is 0 Å². The van der Waals surface area contributed by atoms with Crippen LogP contribution in [0.15, 0.2) is 48.7 Å². The van der Waals surface area contributed by atoms with Crippen molar-refractivity contribution in [1.82, 2.24) is 15.5 Å². The number of hydrogen-bond acceptors (Lipinski definition) is 6. The molecule has 0 fully saturated rings. The van der Waals surface area contributed by atoms with E-state index >= 15 is 0 Å². The van der Waals surface area contributed by atoms with Crippen molar-refractivity contribution in [3.63, 3.8) is 0 Å². The first-order valence-corrected chi connectivity index (χ1v) is 9.38. The van der Waals surface area contributed by atoms with Crippen molar-refractivity contribution < 1.29 is 18.9 Å². The summed E-state index contributed by atoms with van der Waals surface area (Å²) < 4.78 is 22.6. The van der Waals surface area contributed by atoms with Crippen LogP contribution in [0.25, 0.3) is 11.3 Å². The van der Waals surface area contributed by atoms with Gasteiger partial charge < -0.3 is 24.3 Å². The summed E-state index contributed by atoms with van der Waals surface area (Å²) in [5, 5.41) is 10.8. The lowest BCUT2D eigenvalue weighted by Crippen LogP contribution is -2.32. The van der Waals surface area contributed by atoms with Crippen molar-refractivity contribution in [2.24, 2.45) is 0 Å². The fraction of sp³-hybridized carbons (Fsp3) is 0.286. The first-order chi connectivity index (χ1) is 13.9. The summed E-state index contributed by atoms with van der Waals surface area (Å²) in [4.78, 5) is 0. The van der Waals surface area contributed by atoms with E-state index in [2.05, 4.69) is 15.5 Å². The Morgan fingerprint density at radius 3 is 2.82 bits per heavy atom. The summed E-state index contributed by atoms with van der Waals surface area (Å²) in [6.07, 6.45) is 2.77. The molecule has 3 heterocycles. The minimum atomic E-state index is 0.0556. The van der Waals surface area contributed by atoms with Crippen molar-refractivity contribution in [3.8, 4) is 34.3 Å². The van der Waals surface area contributed by atoms with E-state index in [1.807, 2.05) is 48.7 Å². The normalized spacial score (nSPS) is 16.9. The van der Waals surface area contributed by atoms with Crippen LogP contribution >= 0.6 is 0 Å². The van der Waals surface area contributed by atoms with E-state index in [1.165, 1.54) is 0 Å². The smallest absolute Gasteiger partial charge is 0.231 e. The Morgan fingerprint density at radius 2 is 1.86 bits per heavy atom. The Morgan fingerprint density at radius 1 is 1.00 bits per heavy atom. The molecule has 7 heteroatoms. The molecule has 0 aliphatic carbocycles. The Hall–Kier alpha value is -3.19. The molecule has 2 aliphatic heterocycles. The molecule has 0 radical (unpaired) electrons. The highest BCUT2D eigenvalue weighted by atomic mass is 16.7. The zero-order chi connectivity index (χ0) is 18.8. The van der Waals surface area contributed by atoms with Gasteiger partial charge in [0.05, 0.1) is 11.9 Å². The molecule has 2 aliphatic rings. The summed E-state index contributed by atoms with van der Waals surface area (Å²) in [5.41, 5.74) is 3.11. The van der Waals surface area contributed by atoms with Gasteiger partial charge in [-0.15, -0.1) is 0 Å². The molecule has 0 saturated heterocycles. The van der Waals surface area contributed by atoms with Gasteiger partial charge in [0.1, 0.15) is 12.7 Å². The van der Waals surface area contributed by atoms with Gasteiger partial charge in [-0.3, -0.25) is 5.10 Å². The molecule has 0 amide bonds. The van der Waals surface area contributed by atoms with Gasteiger partial charge in [0.2, 0.25) is 6.79 Å². The highest BCUT2D eigenvalue weighted by Gasteiger charge is 2.20. The minimum Gasteiger partial charge on any atom is -0.486 e. The molecule has 5 rings (SSSR count). The number of para-hydroxylation sites is 2. The molecule has 0 unspecified atom stereocenters. The van der Waals surface area contributed by atoms with Crippen LogP contribution in [0.3, 0.4) is 0 Å². The van der Waals surface area contributed by atoms with Crippen molar-refractivity contribution in [1.29, 1.82) is 0 Å². The van der Waals surface area contributed by atoms with Crippen LogP contribution in [0.2, 0.25) is 0 Å². The van der Waals surface area contributed by atoms with Crippen LogP contribution < -0.4 is 24.3 Å². The topological polar surface area (TPSA) is 77.6 Å². The van der Waals surface area contributed by atoms with Crippen LogP contribution in [0.5, 0.6) is 23.0 Å². The molecule has 0 bridgehead atoms. The van der Waals surface area contributed by atoms with E-state index in [9.17, 15) is 0 Å². The molecule has 2 aromatic carbocycles. The van der Waals surface area contributed by atoms with Crippen LogP contribution in [-0.2, 0) is 6.54 Å². The SMILES string of the molecule is c1ccc2c(c1)OC[C@@H](CCNCc1cn[nH]c1-c1ccc3c(c1)OCO3)O2. The maximum absolute atomic E-state index is 6.00. The van der Waals surface area contributed by atoms with Crippen molar-refractivity contribution in [3.05, 3.63) is 54.2 Å². The van der Waals surface area contributed by atoms with E-state index < -0.39 is 0 Å². The largest absolute Gasteiger partial charge is 0.486 e. The first-order valence-electron chi connectivity index (χ1n) is 9.38. The average Bonchev–Trinajstić information content (AvgIpc) is 3.39. The number of aromatic amines is 1. The van der Waals surface area contributed by atoms with Crippen molar-refractivity contribution >= 4 is 0 Å². The molecule has 2 N–H and O–H groups in total. The van der Waals surface area contributed by atoms with E-state index in [4.69, 9.17) is 18.9 Å². The number of nitrogens with zero attached hydrogens (tertiary/aromatic N) is 1. The monoisotopic (exact) mass is 379 g/mol. The standard InChI is InChI=1S/C21H21N3O4/c1-2-4-19-17(3-1)25-12-16(28-19)7-8-22-10-15-11-23-24-21(15)14-5-6-18-20(9-14)27-13-26-18/h1-6,9,11,16,22H,7-8,10,12-13H2,(H,23,24)/t16-/m1/s1. The van der Waals surface area contributed by atoms with Crippen LogP contribution in [-0.4, -0.2) is 36.2 Å². The highest BCUT2D eigenvalue weighted by molar-refractivity contribution is 5.66. The van der Waals surface area contributed by atoms with Crippen LogP contribution in [0.1, 0.15) is 12.0 Å². The number of aromatic nitrogens is 2. The number of nitrogens with one attached hydrogen (secondary N) is 2. The highest BCUT2D eigenvalue weighted by Crippen LogP contribution is 2.36. The van der Waals surface area contributed by atoms with Crippen LogP contribution in [0, 0.1) is 0 Å². The number of benzene rings is 2. The molecular weight excluding hydrogens is 358 g/mol. The molecule has 144 valence electrons. The van der Waals surface area contributed by atoms with Gasteiger partial charge in [-0.05, 0) is 36.9 Å². The van der Waals surface area contributed by atoms with Gasteiger partial charge in [0.15, 0.2) is 23.0 Å².